The fraction of sp³-hybridized carbons (Fsp3) is 0.500. The van der Waals surface area contributed by atoms with Gasteiger partial charge < -0.3 is 15.9 Å². The van der Waals surface area contributed by atoms with Gasteiger partial charge >= 0.3 is 0 Å². The molecule has 0 radical (unpaired) electrons. The zero-order valence-electron chi connectivity index (χ0n) is 15.2. The minimum absolute atomic E-state index is 0.138. The lowest BCUT2D eigenvalue weighted by Gasteiger charge is -2.20. The third kappa shape index (κ3) is 4.30. The number of nitrogens with two attached hydrogens (primary N) is 1. The highest BCUT2D eigenvalue weighted by molar-refractivity contribution is 7.99. The maximum Gasteiger partial charge on any atom is 0.234 e. The van der Waals surface area contributed by atoms with Crippen LogP contribution in [0.25, 0.3) is 0 Å². The standard InChI is InChI=1S/C18H25N5O2S/c1-12-8-9-15(25-2)14(10-12)20-16(24)11-26-18-22-21-17(23(18)19)13-6-4-3-5-7-13/h8-10,13H,3-7,11,19H2,1-2H3,(H,20,24). The highest BCUT2D eigenvalue weighted by Gasteiger charge is 2.23. The Hall–Kier alpha value is -2.22. The normalized spacial score (nSPS) is 15.0. The summed E-state index contributed by atoms with van der Waals surface area (Å²) in [4.78, 5) is 12.3. The number of nitrogens with one attached hydrogen (secondary N) is 1. The molecule has 3 N–H and O–H groups in total. The van der Waals surface area contributed by atoms with Crippen molar-refractivity contribution in [2.75, 3.05) is 24.0 Å². The van der Waals surface area contributed by atoms with Gasteiger partial charge in [0.25, 0.3) is 0 Å². The zero-order chi connectivity index (χ0) is 18.5. The molecule has 1 aromatic carbocycles. The molecule has 0 unspecified atom stereocenters. The van der Waals surface area contributed by atoms with Gasteiger partial charge in [-0.15, -0.1) is 10.2 Å². The zero-order valence-corrected chi connectivity index (χ0v) is 16.0. The van der Waals surface area contributed by atoms with E-state index in [1.165, 1.54) is 31.0 Å². The molecule has 8 heteroatoms. The molecule has 1 fully saturated rings. The molecule has 0 spiro atoms. The van der Waals surface area contributed by atoms with Gasteiger partial charge in [0.2, 0.25) is 11.1 Å². The molecule has 0 saturated heterocycles. The second-order valence-electron chi connectivity index (χ2n) is 6.59. The Balaban J connectivity index is 1.60. The summed E-state index contributed by atoms with van der Waals surface area (Å²) in [6.45, 7) is 1.97. The van der Waals surface area contributed by atoms with Crippen molar-refractivity contribution in [2.24, 2.45) is 0 Å². The monoisotopic (exact) mass is 375 g/mol. The average molecular weight is 375 g/mol. The van der Waals surface area contributed by atoms with E-state index in [0.29, 0.717) is 22.5 Å². The fourth-order valence-electron chi connectivity index (χ4n) is 3.26. The second kappa shape index (κ2) is 8.44. The summed E-state index contributed by atoms with van der Waals surface area (Å²) in [5.41, 5.74) is 1.71. The van der Waals surface area contributed by atoms with Crippen LogP contribution >= 0.6 is 11.8 Å². The molecule has 0 atom stereocenters. The number of amides is 1. The smallest absolute Gasteiger partial charge is 0.234 e. The Morgan fingerprint density at radius 2 is 2.12 bits per heavy atom. The molecule has 26 heavy (non-hydrogen) atoms. The molecule has 1 amide bonds. The Kier molecular flexibility index (Phi) is 6.03. The van der Waals surface area contributed by atoms with E-state index < -0.39 is 0 Å². The number of nitrogens with zero attached hydrogens (tertiary/aromatic N) is 3. The van der Waals surface area contributed by atoms with Crippen molar-refractivity contribution in [3.63, 3.8) is 0 Å². The number of hydrogen-bond donors (Lipinski definition) is 2. The van der Waals surface area contributed by atoms with Crippen LogP contribution in [0.15, 0.2) is 23.4 Å². The Morgan fingerprint density at radius 3 is 2.85 bits per heavy atom. The van der Waals surface area contributed by atoms with Crippen molar-refractivity contribution in [1.82, 2.24) is 14.9 Å². The molecule has 1 aliphatic carbocycles. The van der Waals surface area contributed by atoms with Crippen molar-refractivity contribution < 1.29 is 9.53 Å². The van der Waals surface area contributed by atoms with Crippen LogP contribution in [0, 0.1) is 6.92 Å². The quantitative estimate of drug-likeness (QED) is 0.595. The van der Waals surface area contributed by atoms with Gasteiger partial charge in [0.05, 0.1) is 18.6 Å². The molecule has 3 rings (SSSR count). The van der Waals surface area contributed by atoms with Crippen LogP contribution in [0.5, 0.6) is 5.75 Å². The van der Waals surface area contributed by atoms with Crippen LogP contribution in [0.3, 0.4) is 0 Å². The largest absolute Gasteiger partial charge is 0.495 e. The van der Waals surface area contributed by atoms with E-state index in [4.69, 9.17) is 10.6 Å². The van der Waals surface area contributed by atoms with Crippen LogP contribution in [-0.4, -0.2) is 33.6 Å². The van der Waals surface area contributed by atoms with Crippen molar-refractivity contribution in [3.05, 3.63) is 29.6 Å². The Bertz CT molecular complexity index is 771. The number of aromatic nitrogens is 3. The van der Waals surface area contributed by atoms with E-state index in [1.54, 1.807) is 11.8 Å². The van der Waals surface area contributed by atoms with E-state index in [0.717, 1.165) is 24.2 Å². The van der Waals surface area contributed by atoms with E-state index >= 15 is 0 Å². The van der Waals surface area contributed by atoms with Gasteiger partial charge in [-0.05, 0) is 37.5 Å². The van der Waals surface area contributed by atoms with Crippen LogP contribution in [0.2, 0.25) is 0 Å². The predicted molar refractivity (Wildman–Crippen MR) is 103 cm³/mol. The lowest BCUT2D eigenvalue weighted by atomic mass is 9.89. The molecular weight excluding hydrogens is 350 g/mol. The van der Waals surface area contributed by atoms with Gasteiger partial charge in [-0.1, -0.05) is 37.1 Å². The summed E-state index contributed by atoms with van der Waals surface area (Å²) in [5.74, 6) is 8.06. The van der Waals surface area contributed by atoms with Gasteiger partial charge in [0.15, 0.2) is 5.82 Å². The summed E-state index contributed by atoms with van der Waals surface area (Å²) in [6, 6.07) is 5.66. The van der Waals surface area contributed by atoms with Crippen molar-refractivity contribution >= 4 is 23.4 Å². The fourth-order valence-corrected chi connectivity index (χ4v) is 3.93. The molecule has 1 saturated carbocycles. The number of carbonyl (C=O) groups is 1. The molecule has 1 aliphatic rings. The van der Waals surface area contributed by atoms with Crippen LogP contribution in [0.1, 0.15) is 49.4 Å². The number of rotatable bonds is 6. The second-order valence-corrected chi connectivity index (χ2v) is 7.53. The number of thioether (sulfide) groups is 1. The third-order valence-corrected chi connectivity index (χ3v) is 5.57. The summed E-state index contributed by atoms with van der Waals surface area (Å²) >= 11 is 1.29. The van der Waals surface area contributed by atoms with Gasteiger partial charge in [-0.2, -0.15) is 0 Å². The van der Waals surface area contributed by atoms with Crippen LogP contribution in [0.4, 0.5) is 5.69 Å². The summed E-state index contributed by atoms with van der Waals surface area (Å²) in [7, 11) is 1.58. The van der Waals surface area contributed by atoms with Crippen LogP contribution < -0.4 is 15.9 Å². The van der Waals surface area contributed by atoms with Crippen LogP contribution in [-0.2, 0) is 4.79 Å². The number of hydrogen-bond acceptors (Lipinski definition) is 6. The molecule has 140 valence electrons. The van der Waals surface area contributed by atoms with E-state index in [9.17, 15) is 4.79 Å². The molecule has 2 aromatic rings. The maximum absolute atomic E-state index is 12.3. The lowest BCUT2D eigenvalue weighted by molar-refractivity contribution is -0.113. The molecular formula is C18H25N5O2S. The summed E-state index contributed by atoms with van der Waals surface area (Å²) in [5, 5.41) is 11.9. The van der Waals surface area contributed by atoms with E-state index in [-0.39, 0.29) is 11.7 Å². The molecule has 1 heterocycles. The topological polar surface area (TPSA) is 95.1 Å². The summed E-state index contributed by atoms with van der Waals surface area (Å²) in [6.07, 6.45) is 5.90. The molecule has 0 aliphatic heterocycles. The Labute approximate surface area is 157 Å². The van der Waals surface area contributed by atoms with Gasteiger partial charge in [0, 0.05) is 5.92 Å². The highest BCUT2D eigenvalue weighted by Crippen LogP contribution is 2.32. The number of anilines is 1. The molecule has 1 aromatic heterocycles. The van der Waals surface area contributed by atoms with Gasteiger partial charge in [-0.3, -0.25) is 4.79 Å². The highest BCUT2D eigenvalue weighted by atomic mass is 32.2. The van der Waals surface area contributed by atoms with E-state index in [1.807, 2.05) is 25.1 Å². The third-order valence-electron chi connectivity index (χ3n) is 4.62. The number of aryl methyl sites for hydroxylation is 1. The minimum Gasteiger partial charge on any atom is -0.495 e. The first-order valence-corrected chi connectivity index (χ1v) is 9.84. The predicted octanol–water partition coefficient (Wildman–Crippen LogP) is 3.09. The van der Waals surface area contributed by atoms with Gasteiger partial charge in [-0.25, -0.2) is 4.68 Å². The minimum atomic E-state index is -0.138. The van der Waals surface area contributed by atoms with Crippen molar-refractivity contribution in [1.29, 1.82) is 0 Å². The first kappa shape index (κ1) is 18.6. The number of methoxy groups -OCH3 is 1. The van der Waals surface area contributed by atoms with Crippen molar-refractivity contribution in [3.8, 4) is 5.75 Å². The molecule has 0 bridgehead atoms. The van der Waals surface area contributed by atoms with Crippen molar-refractivity contribution in [2.45, 2.75) is 50.1 Å². The number of nitrogen functional groups attached to an aromatic ring is 1. The number of benzene rings is 1. The maximum atomic E-state index is 12.3. The SMILES string of the molecule is COc1ccc(C)cc1NC(=O)CSc1nnc(C2CCCCC2)n1N. The summed E-state index contributed by atoms with van der Waals surface area (Å²) < 4.78 is 6.83. The van der Waals surface area contributed by atoms with E-state index in [2.05, 4.69) is 15.5 Å². The average Bonchev–Trinajstić information content (AvgIpc) is 3.01. The Morgan fingerprint density at radius 1 is 1.35 bits per heavy atom. The van der Waals surface area contributed by atoms with Gasteiger partial charge in [0.1, 0.15) is 5.75 Å². The lowest BCUT2D eigenvalue weighted by Crippen LogP contribution is -2.20. The number of carbonyl (C=O) groups excluding carboxylic acids is 1. The molecule has 7 nitrogen and oxygen atoms in total. The first-order valence-electron chi connectivity index (χ1n) is 8.86. The first-order chi connectivity index (χ1) is 12.6. The number of ether oxygens (including phenoxy) is 1.